The molecule has 9 rings (SSSR count). The fourth-order valence-corrected chi connectivity index (χ4v) is 8.21. The first kappa shape index (κ1) is 34.9. The number of fused-ring (bicyclic) bond motifs is 2. The van der Waals surface area contributed by atoms with Crippen molar-refractivity contribution in [2.24, 2.45) is 4.99 Å². The van der Waals surface area contributed by atoms with E-state index in [2.05, 4.69) is 193 Å². The van der Waals surface area contributed by atoms with E-state index in [4.69, 9.17) is 9.97 Å². The van der Waals surface area contributed by atoms with E-state index in [1.54, 1.807) is 0 Å². The van der Waals surface area contributed by atoms with Crippen LogP contribution in [0.15, 0.2) is 151 Å². The number of hydrogen-bond acceptors (Lipinski definition) is 4. The van der Waals surface area contributed by atoms with Crippen molar-refractivity contribution < 1.29 is 0 Å². The van der Waals surface area contributed by atoms with Gasteiger partial charge in [0.05, 0.1) is 45.2 Å². The molecule has 0 saturated heterocycles. The molecule has 6 heteroatoms. The van der Waals surface area contributed by atoms with Gasteiger partial charge in [0.25, 0.3) is 0 Å². The second-order valence-corrected chi connectivity index (χ2v) is 14.9. The minimum atomic E-state index is 0.298. The van der Waals surface area contributed by atoms with Crippen LogP contribution in [0.25, 0.3) is 51.3 Å². The Morgan fingerprint density at radius 3 is 1.95 bits per heavy atom. The number of rotatable bonds is 9. The molecule has 6 nitrogen and oxygen atoms in total. The third-order valence-corrected chi connectivity index (χ3v) is 11.0. The Hall–Kier alpha value is -6.79. The maximum atomic E-state index is 5.52. The Bertz CT molecular complexity index is 2800. The molecule has 2 heterocycles. The van der Waals surface area contributed by atoms with E-state index >= 15 is 0 Å². The van der Waals surface area contributed by atoms with E-state index in [1.807, 2.05) is 12.1 Å². The maximum Gasteiger partial charge on any atom is 0.145 e. The Morgan fingerprint density at radius 2 is 1.25 bits per heavy atom. The van der Waals surface area contributed by atoms with Gasteiger partial charge in [-0.3, -0.25) is 14.1 Å². The lowest BCUT2D eigenvalue weighted by Crippen LogP contribution is -2.18. The molecule has 1 aliphatic rings. The standard InChI is InChI=1S/C50H44N6/c1-33-17-6-11-23-42(33)54(45-26-14-9-21-40(45)51-5)32-37-29-38(49-52-41-22-10-15-27-46(41)55(49)43-24-12-7-18-34(43)2)31-39(30-37)50-53-48-36(4)20-16-28-47(48)56(50)44-25-13-8-19-35(44)3/h6-19,21-31,36H,5,20,32H2,1-4H3. The molecule has 0 radical (unpaired) electrons. The lowest BCUT2D eigenvalue weighted by molar-refractivity contribution is 0.745. The van der Waals surface area contributed by atoms with Gasteiger partial charge in [0.1, 0.15) is 11.6 Å². The van der Waals surface area contributed by atoms with Crippen LogP contribution in [0.1, 0.15) is 52.9 Å². The number of allylic oxidation sites excluding steroid dienone is 1. The van der Waals surface area contributed by atoms with Crippen molar-refractivity contribution in [1.29, 1.82) is 0 Å². The second kappa shape index (κ2) is 14.5. The van der Waals surface area contributed by atoms with E-state index in [-0.39, 0.29) is 0 Å². The predicted octanol–water partition coefficient (Wildman–Crippen LogP) is 12.7. The molecule has 8 aromatic rings. The van der Waals surface area contributed by atoms with E-state index in [0.29, 0.717) is 12.5 Å². The van der Waals surface area contributed by atoms with Crippen LogP contribution < -0.4 is 4.90 Å². The molecule has 0 spiro atoms. The van der Waals surface area contributed by atoms with Crippen molar-refractivity contribution in [1.82, 2.24) is 19.1 Å². The summed E-state index contributed by atoms with van der Waals surface area (Å²) in [6, 6.07) is 49.2. The minimum Gasteiger partial charge on any atom is -0.335 e. The zero-order valence-corrected chi connectivity index (χ0v) is 32.3. The largest absolute Gasteiger partial charge is 0.335 e. The van der Waals surface area contributed by atoms with Crippen LogP contribution in [0.3, 0.4) is 0 Å². The molecule has 0 saturated carbocycles. The molecule has 6 aromatic carbocycles. The van der Waals surface area contributed by atoms with Crippen molar-refractivity contribution in [3.05, 3.63) is 179 Å². The monoisotopic (exact) mass is 728 g/mol. The first-order valence-corrected chi connectivity index (χ1v) is 19.3. The molecular formula is C50H44N6. The predicted molar refractivity (Wildman–Crippen MR) is 233 cm³/mol. The normalized spacial score (nSPS) is 13.5. The van der Waals surface area contributed by atoms with Crippen molar-refractivity contribution >= 4 is 40.9 Å². The lowest BCUT2D eigenvalue weighted by atomic mass is 9.97. The summed E-state index contributed by atoms with van der Waals surface area (Å²) in [7, 11) is 0. The molecular weight excluding hydrogens is 685 g/mol. The third kappa shape index (κ3) is 6.13. The highest BCUT2D eigenvalue weighted by atomic mass is 15.2. The average molecular weight is 729 g/mol. The summed E-state index contributed by atoms with van der Waals surface area (Å²) in [5, 5.41) is 0. The van der Waals surface area contributed by atoms with Gasteiger partial charge in [0.15, 0.2) is 0 Å². The molecule has 2 aromatic heterocycles. The van der Waals surface area contributed by atoms with Gasteiger partial charge in [-0.1, -0.05) is 91.9 Å². The van der Waals surface area contributed by atoms with Crippen molar-refractivity contribution in [2.45, 2.75) is 46.6 Å². The molecule has 1 aliphatic carbocycles. The number of aryl methyl sites for hydroxylation is 3. The van der Waals surface area contributed by atoms with Gasteiger partial charge in [-0.25, -0.2) is 9.97 Å². The molecule has 0 fully saturated rings. The highest BCUT2D eigenvalue weighted by Gasteiger charge is 2.26. The van der Waals surface area contributed by atoms with Gasteiger partial charge in [-0.05, 0) is 123 Å². The molecule has 274 valence electrons. The maximum absolute atomic E-state index is 5.52. The summed E-state index contributed by atoms with van der Waals surface area (Å²) in [4.78, 5) is 17.7. The number of aliphatic imine (C=N–C) groups is 1. The molecule has 0 bridgehead atoms. The van der Waals surface area contributed by atoms with Gasteiger partial charge in [-0.15, -0.1) is 0 Å². The molecule has 1 unspecified atom stereocenters. The van der Waals surface area contributed by atoms with Crippen LogP contribution in [0, 0.1) is 20.8 Å². The minimum absolute atomic E-state index is 0.298. The van der Waals surface area contributed by atoms with Crippen molar-refractivity contribution in [3.8, 4) is 34.2 Å². The summed E-state index contributed by atoms with van der Waals surface area (Å²) in [5.41, 5.74) is 16.1. The van der Waals surface area contributed by atoms with Gasteiger partial charge >= 0.3 is 0 Å². The van der Waals surface area contributed by atoms with Crippen LogP contribution in [0.5, 0.6) is 0 Å². The highest BCUT2D eigenvalue weighted by molar-refractivity contribution is 5.85. The Balaban J connectivity index is 1.34. The van der Waals surface area contributed by atoms with Crippen LogP contribution in [0.4, 0.5) is 17.1 Å². The fraction of sp³-hybridized carbons (Fsp3) is 0.140. The average Bonchev–Trinajstić information content (AvgIpc) is 3.81. The van der Waals surface area contributed by atoms with Gasteiger partial charge in [0, 0.05) is 29.3 Å². The van der Waals surface area contributed by atoms with E-state index in [1.165, 1.54) is 16.7 Å². The van der Waals surface area contributed by atoms with Crippen LogP contribution >= 0.6 is 0 Å². The molecule has 1 atom stereocenters. The summed E-state index contributed by atoms with van der Waals surface area (Å²) in [5.74, 6) is 2.09. The molecule has 0 N–H and O–H groups in total. The Labute approximate surface area is 328 Å². The molecule has 0 amide bonds. The zero-order chi connectivity index (χ0) is 38.3. The van der Waals surface area contributed by atoms with Crippen molar-refractivity contribution in [2.75, 3.05) is 4.90 Å². The van der Waals surface area contributed by atoms with E-state index in [9.17, 15) is 0 Å². The topological polar surface area (TPSA) is 51.2 Å². The summed E-state index contributed by atoms with van der Waals surface area (Å²) >= 11 is 0. The fourth-order valence-electron chi connectivity index (χ4n) is 8.21. The SMILES string of the molecule is C=Nc1ccccc1N(Cc1cc(-c2nc3c(n2-c2ccccc2C)C=CCC3C)cc(-c2nc3ccccc3n2-c2ccccc2C)c1)c1ccccc1C. The second-order valence-electron chi connectivity index (χ2n) is 14.9. The number of anilines is 2. The first-order valence-electron chi connectivity index (χ1n) is 19.3. The number of benzene rings is 6. The van der Waals surface area contributed by atoms with Gasteiger partial charge in [0.2, 0.25) is 0 Å². The zero-order valence-electron chi connectivity index (χ0n) is 32.3. The van der Waals surface area contributed by atoms with Crippen molar-refractivity contribution in [3.63, 3.8) is 0 Å². The van der Waals surface area contributed by atoms with E-state index in [0.717, 1.165) is 85.6 Å². The van der Waals surface area contributed by atoms with Crippen LogP contribution in [-0.4, -0.2) is 25.8 Å². The number of imidazole rings is 2. The number of aromatic nitrogens is 4. The Kier molecular flexibility index (Phi) is 9.02. The number of para-hydroxylation sites is 7. The highest BCUT2D eigenvalue weighted by Crippen LogP contribution is 2.41. The number of hydrogen-bond donors (Lipinski definition) is 0. The van der Waals surface area contributed by atoms with Gasteiger partial charge in [-0.2, -0.15) is 0 Å². The molecule has 0 aliphatic heterocycles. The quantitative estimate of drug-likeness (QED) is 0.139. The number of nitrogens with zero attached hydrogens (tertiary/aromatic N) is 6. The van der Waals surface area contributed by atoms with Crippen LogP contribution in [0.2, 0.25) is 0 Å². The van der Waals surface area contributed by atoms with E-state index < -0.39 is 0 Å². The lowest BCUT2D eigenvalue weighted by Gasteiger charge is -2.28. The third-order valence-electron chi connectivity index (χ3n) is 11.0. The summed E-state index contributed by atoms with van der Waals surface area (Å²) in [6.07, 6.45) is 5.50. The molecule has 56 heavy (non-hydrogen) atoms. The summed E-state index contributed by atoms with van der Waals surface area (Å²) in [6.45, 7) is 13.3. The summed E-state index contributed by atoms with van der Waals surface area (Å²) < 4.78 is 4.67. The van der Waals surface area contributed by atoms with Crippen LogP contribution in [-0.2, 0) is 6.54 Å². The van der Waals surface area contributed by atoms with Gasteiger partial charge < -0.3 is 4.90 Å². The smallest absolute Gasteiger partial charge is 0.145 e. The Morgan fingerprint density at radius 1 is 0.661 bits per heavy atom. The first-order chi connectivity index (χ1) is 27.4.